The molecule has 2 aromatic heterocycles. The molecule has 4 aromatic rings. The van der Waals surface area contributed by atoms with Crippen molar-refractivity contribution in [2.24, 2.45) is 5.73 Å². The van der Waals surface area contributed by atoms with Gasteiger partial charge in [-0.3, -0.25) is 14.6 Å². The summed E-state index contributed by atoms with van der Waals surface area (Å²) in [5.41, 5.74) is 8.17. The third kappa shape index (κ3) is 5.36. The summed E-state index contributed by atoms with van der Waals surface area (Å²) < 4.78 is 14.7. The van der Waals surface area contributed by atoms with Crippen molar-refractivity contribution in [2.75, 3.05) is 23.3 Å². The number of carbonyl (C=O) groups excluding carboxylic acids is 2. The molecule has 9 nitrogen and oxygen atoms in total. The smallest absolute Gasteiger partial charge is 0.271 e. The molecule has 6 rings (SSSR count). The summed E-state index contributed by atoms with van der Waals surface area (Å²) in [6, 6.07) is 14.1. The maximum atomic E-state index is 14.7. The van der Waals surface area contributed by atoms with Crippen molar-refractivity contribution < 1.29 is 14.0 Å². The van der Waals surface area contributed by atoms with E-state index in [1.165, 1.54) is 12.3 Å². The molecule has 3 heterocycles. The summed E-state index contributed by atoms with van der Waals surface area (Å²) in [7, 11) is 0. The Hall–Kier alpha value is -4.60. The van der Waals surface area contributed by atoms with Crippen LogP contribution in [0.2, 0.25) is 0 Å². The quantitative estimate of drug-likeness (QED) is 0.329. The van der Waals surface area contributed by atoms with Crippen molar-refractivity contribution in [2.45, 2.75) is 37.6 Å². The van der Waals surface area contributed by atoms with Crippen LogP contribution in [0.4, 0.5) is 21.7 Å². The summed E-state index contributed by atoms with van der Waals surface area (Å²) in [5.74, 6) is -0.403. The molecule has 2 amide bonds. The van der Waals surface area contributed by atoms with Gasteiger partial charge in [-0.15, -0.1) is 0 Å². The topological polar surface area (TPSA) is 126 Å². The molecule has 198 valence electrons. The van der Waals surface area contributed by atoms with E-state index < -0.39 is 17.6 Å². The molecular formula is C29H28FN7O2. The van der Waals surface area contributed by atoms with Gasteiger partial charge in [0.2, 0.25) is 0 Å². The minimum absolute atomic E-state index is 0.0250. The summed E-state index contributed by atoms with van der Waals surface area (Å²) in [6.45, 7) is 1.17. The lowest BCUT2D eigenvalue weighted by Crippen LogP contribution is -2.48. The van der Waals surface area contributed by atoms with Crippen molar-refractivity contribution in [1.82, 2.24) is 20.3 Å². The van der Waals surface area contributed by atoms with Gasteiger partial charge in [0.1, 0.15) is 11.6 Å². The lowest BCUT2D eigenvalue weighted by atomic mass is 10.0. The molecule has 4 N–H and O–H groups in total. The molecule has 1 saturated carbocycles. The lowest BCUT2D eigenvalue weighted by Gasteiger charge is -2.34. The van der Waals surface area contributed by atoms with Crippen LogP contribution < -0.4 is 21.3 Å². The highest BCUT2D eigenvalue weighted by Gasteiger charge is 2.27. The minimum atomic E-state index is -0.697. The predicted octanol–water partition coefficient (Wildman–Crippen LogP) is 4.28. The second-order valence-electron chi connectivity index (χ2n) is 10.1. The average Bonchev–Trinajstić information content (AvgIpc) is 3.79. The van der Waals surface area contributed by atoms with Crippen LogP contribution in [-0.4, -0.2) is 45.9 Å². The van der Waals surface area contributed by atoms with E-state index in [0.717, 1.165) is 42.1 Å². The molecule has 1 aliphatic heterocycles. The summed E-state index contributed by atoms with van der Waals surface area (Å²) >= 11 is 0. The number of fused-ring (bicyclic) bond motifs is 1. The first-order valence-corrected chi connectivity index (χ1v) is 13.1. The van der Waals surface area contributed by atoms with E-state index >= 15 is 0 Å². The zero-order valence-corrected chi connectivity index (χ0v) is 21.2. The second kappa shape index (κ2) is 10.3. The van der Waals surface area contributed by atoms with Gasteiger partial charge in [0.25, 0.3) is 11.8 Å². The van der Waals surface area contributed by atoms with Gasteiger partial charge in [0.15, 0.2) is 11.5 Å². The molecular weight excluding hydrogens is 497 g/mol. The molecule has 2 aliphatic rings. The highest BCUT2D eigenvalue weighted by atomic mass is 19.1. The van der Waals surface area contributed by atoms with Gasteiger partial charge in [-0.25, -0.2) is 14.4 Å². The Morgan fingerprint density at radius 3 is 2.72 bits per heavy atom. The van der Waals surface area contributed by atoms with Gasteiger partial charge in [0.05, 0.1) is 17.3 Å². The van der Waals surface area contributed by atoms with Crippen LogP contribution in [0.5, 0.6) is 0 Å². The maximum absolute atomic E-state index is 14.7. The first-order chi connectivity index (χ1) is 18.9. The number of anilines is 3. The molecule has 2 fully saturated rings. The van der Waals surface area contributed by atoms with Gasteiger partial charge < -0.3 is 21.3 Å². The summed E-state index contributed by atoms with van der Waals surface area (Å²) in [5, 5.41) is 7.08. The van der Waals surface area contributed by atoms with Crippen molar-refractivity contribution in [3.8, 4) is 0 Å². The number of piperidine rings is 1. The van der Waals surface area contributed by atoms with Crippen LogP contribution in [0.25, 0.3) is 10.9 Å². The molecule has 10 heteroatoms. The lowest BCUT2D eigenvalue weighted by molar-refractivity contribution is 0.0927. The maximum Gasteiger partial charge on any atom is 0.271 e. The number of benzene rings is 2. The Bertz CT molecular complexity index is 1570. The highest BCUT2D eigenvalue weighted by molar-refractivity contribution is 5.97. The molecule has 1 aliphatic carbocycles. The van der Waals surface area contributed by atoms with E-state index in [1.807, 2.05) is 41.3 Å². The van der Waals surface area contributed by atoms with Gasteiger partial charge in [-0.05, 0) is 73.6 Å². The fourth-order valence-electron chi connectivity index (χ4n) is 5.04. The minimum Gasteiger partial charge on any atom is -0.364 e. The fraction of sp³-hybridized carbons (Fsp3) is 0.276. The van der Waals surface area contributed by atoms with Gasteiger partial charge in [-0.2, -0.15) is 0 Å². The number of nitrogens with one attached hydrogen (secondary N) is 2. The Labute approximate surface area is 224 Å². The number of amides is 2. The predicted molar refractivity (Wildman–Crippen MR) is 147 cm³/mol. The Balaban J connectivity index is 1.19. The SMILES string of the molecule is NC(=O)c1ncc(N2CCC[C@@H](NC(=O)c3ccc(C4CC4)cc3F)C2)nc1Nc1ccc2ncccc2c1. The van der Waals surface area contributed by atoms with Crippen LogP contribution in [0.3, 0.4) is 0 Å². The average molecular weight is 526 g/mol. The number of pyridine rings is 1. The van der Waals surface area contributed by atoms with Crippen molar-refractivity contribution >= 4 is 40.0 Å². The number of nitrogens with two attached hydrogens (primary N) is 1. The first kappa shape index (κ1) is 24.7. The molecule has 0 bridgehead atoms. The van der Waals surface area contributed by atoms with Crippen LogP contribution in [-0.2, 0) is 0 Å². The molecule has 1 saturated heterocycles. The number of halogens is 1. The molecule has 1 atom stereocenters. The largest absolute Gasteiger partial charge is 0.364 e. The van der Waals surface area contributed by atoms with E-state index in [2.05, 4.69) is 25.6 Å². The number of aromatic nitrogens is 3. The highest BCUT2D eigenvalue weighted by Crippen LogP contribution is 2.40. The van der Waals surface area contributed by atoms with Crippen molar-refractivity contribution in [1.29, 1.82) is 0 Å². The zero-order valence-electron chi connectivity index (χ0n) is 21.2. The number of carbonyl (C=O) groups is 2. The number of hydrogen-bond acceptors (Lipinski definition) is 7. The number of hydrogen-bond donors (Lipinski definition) is 3. The fourth-order valence-corrected chi connectivity index (χ4v) is 5.04. The summed E-state index contributed by atoms with van der Waals surface area (Å²) in [6.07, 6.45) is 6.94. The number of primary amides is 1. The normalized spacial score (nSPS) is 17.2. The summed E-state index contributed by atoms with van der Waals surface area (Å²) in [4.78, 5) is 40.3. The van der Waals surface area contributed by atoms with E-state index in [-0.39, 0.29) is 23.1 Å². The second-order valence-corrected chi connectivity index (χ2v) is 10.1. The van der Waals surface area contributed by atoms with Gasteiger partial charge in [-0.1, -0.05) is 12.1 Å². The van der Waals surface area contributed by atoms with E-state index in [0.29, 0.717) is 30.5 Å². The molecule has 2 aromatic carbocycles. The standard InChI is InChI=1S/C29H28FN7O2/c30-23-14-18(17-5-6-17)7-9-22(23)29(39)35-21-4-2-12-37(16-21)25-15-33-26(27(31)38)28(36-25)34-20-8-10-24-19(13-20)3-1-11-32-24/h1,3,7-11,13-15,17,21H,2,4-6,12,16H2,(H2,31,38)(H,34,36)(H,35,39)/t21-/m1/s1. The third-order valence-corrected chi connectivity index (χ3v) is 7.23. The zero-order chi connectivity index (χ0) is 26.9. The number of rotatable bonds is 7. The van der Waals surface area contributed by atoms with Crippen LogP contribution in [0, 0.1) is 5.82 Å². The Kier molecular flexibility index (Phi) is 6.52. The van der Waals surface area contributed by atoms with Crippen LogP contribution in [0.1, 0.15) is 58.0 Å². The monoisotopic (exact) mass is 525 g/mol. The van der Waals surface area contributed by atoms with Crippen LogP contribution in [0.15, 0.2) is 60.9 Å². The van der Waals surface area contributed by atoms with E-state index in [9.17, 15) is 14.0 Å². The van der Waals surface area contributed by atoms with Crippen molar-refractivity contribution in [3.05, 3.63) is 83.6 Å². The van der Waals surface area contributed by atoms with E-state index in [1.54, 1.807) is 12.3 Å². The van der Waals surface area contributed by atoms with Crippen molar-refractivity contribution in [3.63, 3.8) is 0 Å². The van der Waals surface area contributed by atoms with E-state index in [4.69, 9.17) is 5.73 Å². The third-order valence-electron chi connectivity index (χ3n) is 7.23. The van der Waals surface area contributed by atoms with Gasteiger partial charge in [0, 0.05) is 36.4 Å². The Morgan fingerprint density at radius 1 is 1.05 bits per heavy atom. The molecule has 0 radical (unpaired) electrons. The molecule has 39 heavy (non-hydrogen) atoms. The van der Waals surface area contributed by atoms with Gasteiger partial charge >= 0.3 is 0 Å². The molecule has 0 unspecified atom stereocenters. The number of nitrogens with zero attached hydrogens (tertiary/aromatic N) is 4. The van der Waals surface area contributed by atoms with Crippen LogP contribution >= 0.6 is 0 Å². The first-order valence-electron chi connectivity index (χ1n) is 13.1. The Morgan fingerprint density at radius 2 is 1.92 bits per heavy atom. The molecule has 0 spiro atoms.